The van der Waals surface area contributed by atoms with E-state index in [4.69, 9.17) is 5.11 Å². The summed E-state index contributed by atoms with van der Waals surface area (Å²) in [4.78, 5) is 12.1. The lowest BCUT2D eigenvalue weighted by molar-refractivity contribution is 0.244. The Morgan fingerprint density at radius 1 is 1.22 bits per heavy atom. The highest BCUT2D eigenvalue weighted by molar-refractivity contribution is 5.89. The summed E-state index contributed by atoms with van der Waals surface area (Å²) in [5.74, 6) is -0.359. The van der Waals surface area contributed by atoms with Crippen molar-refractivity contribution in [3.05, 3.63) is 65.5 Å². The van der Waals surface area contributed by atoms with Crippen molar-refractivity contribution in [3.63, 3.8) is 0 Å². The van der Waals surface area contributed by atoms with Gasteiger partial charge in [-0.2, -0.15) is 0 Å². The molecule has 23 heavy (non-hydrogen) atoms. The van der Waals surface area contributed by atoms with E-state index in [0.717, 1.165) is 5.56 Å². The van der Waals surface area contributed by atoms with Gasteiger partial charge >= 0.3 is 6.03 Å². The lowest BCUT2D eigenvalue weighted by atomic mass is 10.0. The lowest BCUT2D eigenvalue weighted by Gasteiger charge is -2.19. The Balaban J connectivity index is 2.03. The average Bonchev–Trinajstić information content (AvgIpc) is 2.55. The Hall–Kier alpha value is -2.40. The van der Waals surface area contributed by atoms with Crippen molar-refractivity contribution in [1.29, 1.82) is 0 Å². The molecule has 2 rings (SSSR count). The van der Waals surface area contributed by atoms with Crippen molar-refractivity contribution < 1.29 is 14.3 Å². The molecule has 0 aliphatic carbocycles. The predicted octanol–water partition coefficient (Wildman–Crippen LogP) is 3.77. The van der Waals surface area contributed by atoms with Gasteiger partial charge in [0.25, 0.3) is 0 Å². The number of carbonyl (C=O) groups is 1. The van der Waals surface area contributed by atoms with Crippen LogP contribution in [0.1, 0.15) is 30.0 Å². The maximum Gasteiger partial charge on any atom is 0.319 e. The number of carbonyl (C=O) groups excluding carboxylic acids is 1. The van der Waals surface area contributed by atoms with Crippen LogP contribution in [-0.4, -0.2) is 17.7 Å². The number of rotatable bonds is 6. The molecule has 0 saturated heterocycles. The average molecular weight is 316 g/mol. The molecular formula is C18H21FN2O2. The third kappa shape index (κ3) is 5.07. The van der Waals surface area contributed by atoms with E-state index >= 15 is 0 Å². The number of hydrogen-bond donors (Lipinski definition) is 3. The first-order chi connectivity index (χ1) is 11.1. The molecule has 0 aliphatic rings. The van der Waals surface area contributed by atoms with Crippen LogP contribution < -0.4 is 10.6 Å². The first kappa shape index (κ1) is 17.0. The first-order valence-corrected chi connectivity index (χ1v) is 7.59. The molecule has 1 atom stereocenters. The number of amides is 2. The zero-order valence-electron chi connectivity index (χ0n) is 13.1. The minimum absolute atomic E-state index is 0.0653. The number of nitrogens with one attached hydrogen (secondary N) is 2. The van der Waals surface area contributed by atoms with Gasteiger partial charge in [-0.3, -0.25) is 0 Å². The SMILES string of the molecule is Cc1ccc(NC(=O)NC(CCCO)c2ccccc2)cc1F. The molecule has 0 aromatic heterocycles. The van der Waals surface area contributed by atoms with Crippen LogP contribution in [0.2, 0.25) is 0 Å². The van der Waals surface area contributed by atoms with Gasteiger partial charge in [-0.1, -0.05) is 36.4 Å². The van der Waals surface area contributed by atoms with E-state index in [2.05, 4.69) is 10.6 Å². The van der Waals surface area contributed by atoms with Gasteiger partial charge in [0.05, 0.1) is 6.04 Å². The van der Waals surface area contributed by atoms with Crippen LogP contribution in [0.15, 0.2) is 48.5 Å². The van der Waals surface area contributed by atoms with Gasteiger partial charge in [-0.05, 0) is 43.0 Å². The third-order valence-corrected chi connectivity index (χ3v) is 3.59. The van der Waals surface area contributed by atoms with E-state index in [-0.39, 0.29) is 18.5 Å². The van der Waals surface area contributed by atoms with E-state index in [1.807, 2.05) is 30.3 Å². The standard InChI is InChI=1S/C18H21FN2O2/c1-13-9-10-15(12-16(13)19)20-18(23)21-17(8-5-11-22)14-6-3-2-4-7-14/h2-4,6-7,9-10,12,17,22H,5,8,11H2,1H3,(H2,20,21,23). The fraction of sp³-hybridized carbons (Fsp3) is 0.278. The van der Waals surface area contributed by atoms with Crippen LogP contribution in [0, 0.1) is 12.7 Å². The van der Waals surface area contributed by atoms with Crippen molar-refractivity contribution in [1.82, 2.24) is 5.32 Å². The van der Waals surface area contributed by atoms with E-state index in [1.54, 1.807) is 19.1 Å². The van der Waals surface area contributed by atoms with Gasteiger partial charge in [-0.25, -0.2) is 9.18 Å². The van der Waals surface area contributed by atoms with Crippen molar-refractivity contribution in [3.8, 4) is 0 Å². The molecule has 0 heterocycles. The second-order valence-electron chi connectivity index (χ2n) is 5.39. The van der Waals surface area contributed by atoms with Crippen molar-refractivity contribution in [2.45, 2.75) is 25.8 Å². The number of aliphatic hydroxyl groups excluding tert-OH is 1. The van der Waals surface area contributed by atoms with Crippen molar-refractivity contribution in [2.75, 3.05) is 11.9 Å². The van der Waals surface area contributed by atoms with Crippen molar-refractivity contribution >= 4 is 11.7 Å². The van der Waals surface area contributed by atoms with E-state index in [1.165, 1.54) is 6.07 Å². The van der Waals surface area contributed by atoms with Crippen LogP contribution >= 0.6 is 0 Å². The Bertz CT molecular complexity index is 647. The number of hydrogen-bond acceptors (Lipinski definition) is 2. The lowest BCUT2D eigenvalue weighted by Crippen LogP contribution is -2.32. The Morgan fingerprint density at radius 2 is 1.96 bits per heavy atom. The second-order valence-corrected chi connectivity index (χ2v) is 5.39. The second kappa shape index (κ2) is 8.29. The summed E-state index contributed by atoms with van der Waals surface area (Å²) in [5, 5.41) is 14.5. The largest absolute Gasteiger partial charge is 0.396 e. The van der Waals surface area contributed by atoms with Gasteiger partial charge in [0.1, 0.15) is 5.82 Å². The number of aliphatic hydroxyl groups is 1. The van der Waals surface area contributed by atoms with Crippen molar-refractivity contribution in [2.24, 2.45) is 0 Å². The summed E-state index contributed by atoms with van der Waals surface area (Å²) in [6, 6.07) is 13.5. The third-order valence-electron chi connectivity index (χ3n) is 3.59. The summed E-state index contributed by atoms with van der Waals surface area (Å²) >= 11 is 0. The maximum absolute atomic E-state index is 13.5. The molecule has 0 spiro atoms. The zero-order chi connectivity index (χ0) is 16.7. The Kier molecular flexibility index (Phi) is 6.11. The molecule has 4 nitrogen and oxygen atoms in total. The van der Waals surface area contributed by atoms with E-state index in [9.17, 15) is 9.18 Å². The predicted molar refractivity (Wildman–Crippen MR) is 88.8 cm³/mol. The summed E-state index contributed by atoms with van der Waals surface area (Å²) in [7, 11) is 0. The highest BCUT2D eigenvalue weighted by Crippen LogP contribution is 2.19. The number of anilines is 1. The number of aryl methyl sites for hydroxylation is 1. The van der Waals surface area contributed by atoms with E-state index < -0.39 is 6.03 Å². The quantitative estimate of drug-likeness (QED) is 0.759. The molecule has 3 N–H and O–H groups in total. The first-order valence-electron chi connectivity index (χ1n) is 7.59. The fourth-order valence-electron chi connectivity index (χ4n) is 2.30. The van der Waals surface area contributed by atoms with E-state index in [0.29, 0.717) is 24.1 Å². The normalized spacial score (nSPS) is 11.8. The van der Waals surface area contributed by atoms with Crippen LogP contribution in [0.3, 0.4) is 0 Å². The molecule has 122 valence electrons. The Morgan fingerprint density at radius 3 is 2.61 bits per heavy atom. The molecule has 0 aliphatic heterocycles. The number of benzene rings is 2. The zero-order valence-corrected chi connectivity index (χ0v) is 13.1. The molecular weight excluding hydrogens is 295 g/mol. The van der Waals surface area contributed by atoms with Crippen LogP contribution in [0.4, 0.5) is 14.9 Å². The molecule has 0 fully saturated rings. The summed E-state index contributed by atoms with van der Waals surface area (Å²) in [6.45, 7) is 1.73. The number of urea groups is 1. The molecule has 0 bridgehead atoms. The highest BCUT2D eigenvalue weighted by atomic mass is 19.1. The molecule has 1 unspecified atom stereocenters. The Labute approximate surface area is 135 Å². The maximum atomic E-state index is 13.5. The van der Waals surface area contributed by atoms with Gasteiger partial charge in [-0.15, -0.1) is 0 Å². The van der Waals surface area contributed by atoms with Gasteiger partial charge in [0.2, 0.25) is 0 Å². The number of halogens is 1. The monoisotopic (exact) mass is 316 g/mol. The topological polar surface area (TPSA) is 61.4 Å². The molecule has 5 heteroatoms. The van der Waals surface area contributed by atoms with Crippen LogP contribution in [0.25, 0.3) is 0 Å². The highest BCUT2D eigenvalue weighted by Gasteiger charge is 2.14. The van der Waals surface area contributed by atoms with Gasteiger partial charge < -0.3 is 15.7 Å². The molecule has 2 amide bonds. The minimum Gasteiger partial charge on any atom is -0.396 e. The summed E-state index contributed by atoms with van der Waals surface area (Å²) in [6.07, 6.45) is 1.20. The smallest absolute Gasteiger partial charge is 0.319 e. The fourth-order valence-corrected chi connectivity index (χ4v) is 2.30. The molecule has 2 aromatic rings. The summed E-state index contributed by atoms with van der Waals surface area (Å²) < 4.78 is 13.5. The summed E-state index contributed by atoms with van der Waals surface area (Å²) in [5.41, 5.74) is 1.90. The van der Waals surface area contributed by atoms with Crippen LogP contribution in [0.5, 0.6) is 0 Å². The van der Waals surface area contributed by atoms with Crippen LogP contribution in [-0.2, 0) is 0 Å². The molecule has 2 aromatic carbocycles. The van der Waals surface area contributed by atoms with Gasteiger partial charge in [0, 0.05) is 12.3 Å². The van der Waals surface area contributed by atoms with Gasteiger partial charge in [0.15, 0.2) is 0 Å². The molecule has 0 saturated carbocycles. The minimum atomic E-state index is -0.403. The molecule has 0 radical (unpaired) electrons.